The van der Waals surface area contributed by atoms with Crippen LogP contribution in [0.3, 0.4) is 0 Å². The minimum absolute atomic E-state index is 0.123. The van der Waals surface area contributed by atoms with Crippen molar-refractivity contribution in [2.75, 3.05) is 25.9 Å². The zero-order valence-corrected chi connectivity index (χ0v) is 19.2. The van der Waals surface area contributed by atoms with Crippen molar-refractivity contribution in [2.24, 2.45) is 0 Å². The summed E-state index contributed by atoms with van der Waals surface area (Å²) in [6, 6.07) is 16.1. The highest BCUT2D eigenvalue weighted by Gasteiger charge is 2.16. The highest BCUT2D eigenvalue weighted by molar-refractivity contribution is 5.88. The molecule has 2 aromatic heterocycles. The van der Waals surface area contributed by atoms with Crippen LogP contribution in [0.4, 0.5) is 10.5 Å². The lowest BCUT2D eigenvalue weighted by Gasteiger charge is -2.21. The van der Waals surface area contributed by atoms with Crippen LogP contribution in [0.5, 0.6) is 0 Å². The van der Waals surface area contributed by atoms with Gasteiger partial charge in [-0.25, -0.2) is 9.78 Å². The monoisotopic (exact) mass is 460 g/mol. The summed E-state index contributed by atoms with van der Waals surface area (Å²) in [5, 5.41) is 3.50. The fourth-order valence-corrected chi connectivity index (χ4v) is 3.80. The molecule has 0 aliphatic heterocycles. The number of rotatable bonds is 8. The third-order valence-electron chi connectivity index (χ3n) is 5.54. The molecule has 4 aromatic rings. The maximum atomic E-state index is 12.5. The molecule has 34 heavy (non-hydrogen) atoms. The van der Waals surface area contributed by atoms with E-state index in [-0.39, 0.29) is 12.5 Å². The van der Waals surface area contributed by atoms with Crippen LogP contribution in [0.25, 0.3) is 33.4 Å². The average Bonchev–Trinajstić information content (AvgIpc) is 3.49. The number of aromatic amines is 2. The Morgan fingerprint density at radius 2 is 1.79 bits per heavy atom. The molecule has 2 amide bonds. The molecule has 0 bridgehead atoms. The summed E-state index contributed by atoms with van der Waals surface area (Å²) in [5.74, 6) is 0.474. The molecule has 0 saturated carbocycles. The average molecular weight is 461 g/mol. The van der Waals surface area contributed by atoms with E-state index in [0.717, 1.165) is 45.5 Å². The van der Waals surface area contributed by atoms with Crippen LogP contribution in [0.2, 0.25) is 0 Å². The van der Waals surface area contributed by atoms with Crippen LogP contribution >= 0.6 is 0 Å². The van der Waals surface area contributed by atoms with E-state index >= 15 is 0 Å². The topological polar surface area (TPSA) is 129 Å². The Kier molecular flexibility index (Phi) is 6.82. The Hall–Kier alpha value is -4.27. The SMILES string of the molecule is CCCN(Cc1ncc(-c2ccc(-c3cc4cc(N)ccc4[nH]3)cc2)[nH]1)C(=O)CNC(=O)OC. The number of anilines is 1. The van der Waals surface area contributed by atoms with Gasteiger partial charge in [0.25, 0.3) is 0 Å². The van der Waals surface area contributed by atoms with Gasteiger partial charge in [0.05, 0.1) is 25.5 Å². The molecule has 0 atom stereocenters. The Morgan fingerprint density at radius 1 is 1.06 bits per heavy atom. The van der Waals surface area contributed by atoms with Crippen molar-refractivity contribution in [2.45, 2.75) is 19.9 Å². The van der Waals surface area contributed by atoms with E-state index in [1.165, 1.54) is 7.11 Å². The summed E-state index contributed by atoms with van der Waals surface area (Å²) in [6.45, 7) is 2.75. The summed E-state index contributed by atoms with van der Waals surface area (Å²) < 4.78 is 4.52. The Balaban J connectivity index is 1.45. The van der Waals surface area contributed by atoms with Crippen LogP contribution in [0, 0.1) is 0 Å². The number of aromatic nitrogens is 3. The standard InChI is InChI=1S/C25H28N6O3/c1-3-10-31(24(32)14-28-25(33)34-2)15-23-27-13-22(30-23)17-6-4-16(5-7-17)21-12-18-11-19(26)8-9-20(18)29-21/h4-9,11-13,29H,3,10,14-15,26H2,1-2H3,(H,27,30)(H,28,33). The number of nitrogens with one attached hydrogen (secondary N) is 3. The third kappa shape index (κ3) is 5.20. The van der Waals surface area contributed by atoms with Crippen molar-refractivity contribution < 1.29 is 14.3 Å². The predicted octanol–water partition coefficient (Wildman–Crippen LogP) is 3.90. The number of ether oxygens (including phenoxy) is 1. The summed E-state index contributed by atoms with van der Waals surface area (Å²) in [5.41, 5.74) is 11.6. The largest absolute Gasteiger partial charge is 0.453 e. The van der Waals surface area contributed by atoms with Gasteiger partial charge in [-0.15, -0.1) is 0 Å². The quantitative estimate of drug-likeness (QED) is 0.296. The van der Waals surface area contributed by atoms with Crippen molar-refractivity contribution in [3.63, 3.8) is 0 Å². The summed E-state index contributed by atoms with van der Waals surface area (Å²) in [6.07, 6.45) is 1.92. The number of methoxy groups -OCH3 is 1. The molecule has 0 unspecified atom stereocenters. The van der Waals surface area contributed by atoms with Gasteiger partial charge in [0, 0.05) is 28.8 Å². The summed E-state index contributed by atoms with van der Waals surface area (Å²) in [4.78, 5) is 36.6. The molecular formula is C25H28N6O3. The second-order valence-electron chi connectivity index (χ2n) is 8.01. The number of hydrogen-bond donors (Lipinski definition) is 4. The van der Waals surface area contributed by atoms with E-state index in [4.69, 9.17) is 5.73 Å². The molecular weight excluding hydrogens is 432 g/mol. The first kappa shape index (κ1) is 22.9. The number of amides is 2. The molecule has 0 aliphatic rings. The smallest absolute Gasteiger partial charge is 0.407 e. The van der Waals surface area contributed by atoms with Gasteiger partial charge >= 0.3 is 6.09 Å². The van der Waals surface area contributed by atoms with E-state index in [9.17, 15) is 9.59 Å². The lowest BCUT2D eigenvalue weighted by molar-refractivity contribution is -0.130. The first-order valence-corrected chi connectivity index (χ1v) is 11.1. The number of benzene rings is 2. The van der Waals surface area contributed by atoms with Gasteiger partial charge < -0.3 is 30.7 Å². The number of nitrogens with two attached hydrogens (primary N) is 1. The van der Waals surface area contributed by atoms with Crippen LogP contribution in [-0.4, -0.2) is 52.1 Å². The number of hydrogen-bond acceptors (Lipinski definition) is 5. The highest BCUT2D eigenvalue weighted by Crippen LogP contribution is 2.27. The number of nitrogens with zero attached hydrogens (tertiary/aromatic N) is 2. The van der Waals surface area contributed by atoms with Gasteiger partial charge in [-0.1, -0.05) is 31.2 Å². The number of imidazole rings is 1. The van der Waals surface area contributed by atoms with Gasteiger partial charge in [0.2, 0.25) is 5.91 Å². The Labute approximate surface area is 197 Å². The molecule has 176 valence electrons. The number of alkyl carbamates (subject to hydrolysis) is 1. The second-order valence-corrected chi connectivity index (χ2v) is 8.01. The van der Waals surface area contributed by atoms with Gasteiger partial charge in [-0.05, 0) is 41.8 Å². The first-order valence-electron chi connectivity index (χ1n) is 11.1. The van der Waals surface area contributed by atoms with Gasteiger partial charge in [0.15, 0.2) is 0 Å². The maximum Gasteiger partial charge on any atom is 0.407 e. The lowest BCUT2D eigenvalue weighted by atomic mass is 10.1. The molecule has 0 fully saturated rings. The lowest BCUT2D eigenvalue weighted by Crippen LogP contribution is -2.40. The number of fused-ring (bicyclic) bond motifs is 1. The summed E-state index contributed by atoms with van der Waals surface area (Å²) in [7, 11) is 1.26. The number of nitrogen functional groups attached to an aromatic ring is 1. The molecule has 0 spiro atoms. The van der Waals surface area contributed by atoms with Crippen LogP contribution in [-0.2, 0) is 16.1 Å². The van der Waals surface area contributed by atoms with E-state index in [2.05, 4.69) is 43.2 Å². The van der Waals surface area contributed by atoms with E-state index < -0.39 is 6.09 Å². The molecule has 2 heterocycles. The normalized spacial score (nSPS) is 10.9. The predicted molar refractivity (Wildman–Crippen MR) is 132 cm³/mol. The fourth-order valence-electron chi connectivity index (χ4n) is 3.80. The van der Waals surface area contributed by atoms with E-state index in [1.54, 1.807) is 11.1 Å². The molecule has 2 aromatic carbocycles. The maximum absolute atomic E-state index is 12.5. The zero-order chi connectivity index (χ0) is 24.1. The van der Waals surface area contributed by atoms with Crippen LogP contribution in [0.1, 0.15) is 19.2 Å². The number of carbonyl (C=O) groups is 2. The molecule has 9 nitrogen and oxygen atoms in total. The van der Waals surface area contributed by atoms with Gasteiger partial charge in [-0.3, -0.25) is 4.79 Å². The third-order valence-corrected chi connectivity index (χ3v) is 5.54. The number of H-pyrrole nitrogens is 2. The molecule has 4 rings (SSSR count). The molecule has 5 N–H and O–H groups in total. The summed E-state index contributed by atoms with van der Waals surface area (Å²) >= 11 is 0. The number of carbonyl (C=O) groups excluding carboxylic acids is 2. The second kappa shape index (κ2) is 10.1. The molecule has 9 heteroatoms. The zero-order valence-electron chi connectivity index (χ0n) is 19.2. The van der Waals surface area contributed by atoms with Crippen molar-refractivity contribution >= 4 is 28.6 Å². The van der Waals surface area contributed by atoms with Gasteiger partial charge in [0.1, 0.15) is 12.4 Å². The van der Waals surface area contributed by atoms with Crippen molar-refractivity contribution in [1.82, 2.24) is 25.2 Å². The van der Waals surface area contributed by atoms with E-state index in [0.29, 0.717) is 18.9 Å². The fraction of sp³-hybridized carbons (Fsp3) is 0.240. The van der Waals surface area contributed by atoms with Crippen molar-refractivity contribution in [3.05, 3.63) is 60.6 Å². The minimum atomic E-state index is -0.634. The van der Waals surface area contributed by atoms with E-state index in [1.807, 2.05) is 37.3 Å². The first-order chi connectivity index (χ1) is 16.5. The minimum Gasteiger partial charge on any atom is -0.453 e. The molecule has 0 saturated heterocycles. The van der Waals surface area contributed by atoms with Gasteiger partial charge in [-0.2, -0.15) is 0 Å². The van der Waals surface area contributed by atoms with Crippen molar-refractivity contribution in [1.29, 1.82) is 0 Å². The van der Waals surface area contributed by atoms with Crippen molar-refractivity contribution in [3.8, 4) is 22.5 Å². The molecule has 0 aliphatic carbocycles. The molecule has 0 radical (unpaired) electrons. The van der Waals surface area contributed by atoms with Crippen LogP contribution < -0.4 is 11.1 Å². The Morgan fingerprint density at radius 3 is 2.50 bits per heavy atom. The Bertz CT molecular complexity index is 1290. The highest BCUT2D eigenvalue weighted by atomic mass is 16.5. The van der Waals surface area contributed by atoms with Crippen LogP contribution in [0.15, 0.2) is 54.7 Å².